The van der Waals surface area contributed by atoms with Crippen LogP contribution in [0.2, 0.25) is 0 Å². The van der Waals surface area contributed by atoms with Gasteiger partial charge in [-0.3, -0.25) is 9.20 Å². The fourth-order valence-corrected chi connectivity index (χ4v) is 4.23. The van der Waals surface area contributed by atoms with Gasteiger partial charge in [0.15, 0.2) is 0 Å². The summed E-state index contributed by atoms with van der Waals surface area (Å²) >= 11 is 0. The molecule has 0 aliphatic carbocycles. The lowest BCUT2D eigenvalue weighted by Gasteiger charge is -2.18. The summed E-state index contributed by atoms with van der Waals surface area (Å²) in [6.07, 6.45) is 0.753. The zero-order chi connectivity index (χ0) is 15.2. The molecule has 1 N–H and O–H groups in total. The Morgan fingerprint density at radius 3 is 2.09 bits per heavy atom. The van der Waals surface area contributed by atoms with Gasteiger partial charge in [0.2, 0.25) is 0 Å². The van der Waals surface area contributed by atoms with Gasteiger partial charge in [-0.2, -0.15) is 0 Å². The van der Waals surface area contributed by atoms with Crippen LogP contribution < -0.4 is 5.32 Å². The van der Waals surface area contributed by atoms with Crippen molar-refractivity contribution in [3.8, 4) is 0 Å². The Kier molecular flexibility index (Phi) is 5.01. The van der Waals surface area contributed by atoms with Gasteiger partial charge in [0, 0.05) is 29.5 Å². The molecule has 0 bridgehead atoms. The lowest BCUT2D eigenvalue weighted by molar-refractivity contribution is 0.678. The predicted molar refractivity (Wildman–Crippen MR) is 92.7 cm³/mol. The number of hydrogen-bond donors (Lipinski definition) is 1. The first-order valence-corrected chi connectivity index (χ1v) is 8.97. The van der Waals surface area contributed by atoms with Gasteiger partial charge in [0.25, 0.3) is 0 Å². The van der Waals surface area contributed by atoms with Crippen molar-refractivity contribution in [2.24, 2.45) is 4.99 Å². The van der Waals surface area contributed by atoms with Crippen molar-refractivity contribution in [2.45, 2.75) is 11.7 Å². The van der Waals surface area contributed by atoms with E-state index in [9.17, 15) is 4.21 Å². The van der Waals surface area contributed by atoms with Crippen molar-refractivity contribution in [2.75, 3.05) is 18.8 Å². The quantitative estimate of drug-likeness (QED) is 0.891. The van der Waals surface area contributed by atoms with E-state index in [-0.39, 0.29) is 5.25 Å². The van der Waals surface area contributed by atoms with Crippen molar-refractivity contribution in [1.82, 2.24) is 5.32 Å². The number of amidine groups is 1. The highest BCUT2D eigenvalue weighted by Gasteiger charge is 2.21. The Morgan fingerprint density at radius 2 is 1.59 bits per heavy atom. The van der Waals surface area contributed by atoms with Gasteiger partial charge in [-0.25, -0.2) is 0 Å². The first-order chi connectivity index (χ1) is 10.8. The molecule has 3 rings (SSSR count). The molecule has 22 heavy (non-hydrogen) atoms. The highest BCUT2D eigenvalue weighted by molar-refractivity contribution is 7.85. The van der Waals surface area contributed by atoms with Crippen LogP contribution in [0.5, 0.6) is 0 Å². The summed E-state index contributed by atoms with van der Waals surface area (Å²) in [7, 11) is -0.977. The van der Waals surface area contributed by atoms with E-state index in [1.807, 2.05) is 36.4 Å². The maximum absolute atomic E-state index is 12.9. The number of nitrogens with zero attached hydrogens (tertiary/aromatic N) is 1. The Balaban J connectivity index is 1.80. The summed E-state index contributed by atoms with van der Waals surface area (Å²) in [6, 6.07) is 20.2. The molecule has 114 valence electrons. The van der Waals surface area contributed by atoms with Gasteiger partial charge >= 0.3 is 0 Å². The average Bonchev–Trinajstić information content (AvgIpc) is 3.09. The zero-order valence-corrected chi connectivity index (χ0v) is 13.3. The zero-order valence-electron chi connectivity index (χ0n) is 12.4. The molecule has 0 fully saturated rings. The molecule has 1 unspecified atom stereocenters. The van der Waals surface area contributed by atoms with Crippen LogP contribution in [0.3, 0.4) is 0 Å². The van der Waals surface area contributed by atoms with Crippen LogP contribution in [-0.4, -0.2) is 28.9 Å². The van der Waals surface area contributed by atoms with Crippen molar-refractivity contribution in [3.63, 3.8) is 0 Å². The molecule has 0 saturated carbocycles. The Morgan fingerprint density at radius 1 is 1.00 bits per heavy atom. The average molecular weight is 312 g/mol. The molecular weight excluding hydrogens is 292 g/mol. The summed E-state index contributed by atoms with van der Waals surface area (Å²) in [5, 5.41) is 3.17. The number of hydrogen-bond acceptors (Lipinski definition) is 3. The third-order valence-corrected chi connectivity index (χ3v) is 5.43. The van der Waals surface area contributed by atoms with Gasteiger partial charge in [-0.1, -0.05) is 60.7 Å². The van der Waals surface area contributed by atoms with Crippen molar-refractivity contribution < 1.29 is 4.21 Å². The second-order valence-corrected chi connectivity index (χ2v) is 6.93. The second-order valence-electron chi connectivity index (χ2n) is 5.29. The van der Waals surface area contributed by atoms with Crippen LogP contribution in [0.1, 0.15) is 22.8 Å². The van der Waals surface area contributed by atoms with E-state index in [4.69, 9.17) is 0 Å². The minimum Gasteiger partial charge on any atom is -0.372 e. The number of benzene rings is 2. The fraction of sp³-hybridized carbons (Fsp3) is 0.278. The SMILES string of the molecule is O=S(CCC1=NCCN1)C(c1ccccc1)c1ccccc1. The van der Waals surface area contributed by atoms with Crippen LogP contribution in [0.25, 0.3) is 0 Å². The van der Waals surface area contributed by atoms with E-state index < -0.39 is 10.8 Å². The molecule has 1 aliphatic heterocycles. The van der Waals surface area contributed by atoms with E-state index in [0.717, 1.165) is 36.5 Å². The Hall–Kier alpha value is -1.94. The van der Waals surface area contributed by atoms with Gasteiger partial charge in [0.1, 0.15) is 0 Å². The molecule has 1 atom stereocenters. The highest BCUT2D eigenvalue weighted by Crippen LogP contribution is 2.28. The van der Waals surface area contributed by atoms with Crippen LogP contribution in [-0.2, 0) is 10.8 Å². The van der Waals surface area contributed by atoms with Crippen molar-refractivity contribution in [1.29, 1.82) is 0 Å². The molecule has 3 nitrogen and oxygen atoms in total. The lowest BCUT2D eigenvalue weighted by Crippen LogP contribution is -2.22. The standard InChI is InChI=1S/C18H20N2OS/c21-22(14-11-17-19-12-13-20-17)18(15-7-3-1-4-8-15)16-9-5-2-6-10-16/h1-10,18H,11-14H2,(H,19,20). The molecule has 0 radical (unpaired) electrons. The molecule has 1 aliphatic rings. The summed E-state index contributed by atoms with van der Waals surface area (Å²) < 4.78 is 12.9. The molecule has 2 aromatic carbocycles. The third-order valence-electron chi connectivity index (χ3n) is 3.75. The smallest absolute Gasteiger partial charge is 0.0973 e. The molecule has 0 aromatic heterocycles. The van der Waals surface area contributed by atoms with Gasteiger partial charge in [-0.15, -0.1) is 0 Å². The lowest BCUT2D eigenvalue weighted by atomic mass is 10.0. The van der Waals surface area contributed by atoms with E-state index >= 15 is 0 Å². The predicted octanol–water partition coefficient (Wildman–Crippen LogP) is 2.92. The molecule has 4 heteroatoms. The minimum absolute atomic E-state index is 0.0793. The van der Waals surface area contributed by atoms with E-state index in [1.54, 1.807) is 0 Å². The monoisotopic (exact) mass is 312 g/mol. The third kappa shape index (κ3) is 3.63. The van der Waals surface area contributed by atoms with Crippen molar-refractivity contribution >= 4 is 16.6 Å². The van der Waals surface area contributed by atoms with Gasteiger partial charge in [-0.05, 0) is 11.1 Å². The van der Waals surface area contributed by atoms with E-state index in [0.29, 0.717) is 5.75 Å². The second kappa shape index (κ2) is 7.36. The van der Waals surface area contributed by atoms with Crippen molar-refractivity contribution in [3.05, 3.63) is 71.8 Å². The first-order valence-electron chi connectivity index (χ1n) is 7.59. The summed E-state index contributed by atoms with van der Waals surface area (Å²) in [5.41, 5.74) is 2.21. The van der Waals surface area contributed by atoms with Gasteiger partial charge in [0.05, 0.1) is 17.6 Å². The molecular formula is C18H20N2OS. The number of aliphatic imine (C=N–C) groups is 1. The Labute approximate surface area is 133 Å². The van der Waals surface area contributed by atoms with E-state index in [1.165, 1.54) is 0 Å². The van der Waals surface area contributed by atoms with Crippen LogP contribution in [0, 0.1) is 0 Å². The number of nitrogens with one attached hydrogen (secondary N) is 1. The first kappa shape index (κ1) is 15.0. The number of rotatable bonds is 6. The Bertz CT molecular complexity index is 616. The minimum atomic E-state index is -0.977. The molecule has 0 saturated heterocycles. The summed E-state index contributed by atoms with van der Waals surface area (Å²) in [4.78, 5) is 4.38. The van der Waals surface area contributed by atoms with Crippen LogP contribution in [0.15, 0.2) is 65.7 Å². The molecule has 0 spiro atoms. The summed E-state index contributed by atoms with van der Waals surface area (Å²) in [5.74, 6) is 1.62. The van der Waals surface area contributed by atoms with Crippen LogP contribution in [0.4, 0.5) is 0 Å². The van der Waals surface area contributed by atoms with Gasteiger partial charge < -0.3 is 5.32 Å². The summed E-state index contributed by atoms with van der Waals surface area (Å²) in [6.45, 7) is 1.74. The maximum Gasteiger partial charge on any atom is 0.0973 e. The largest absolute Gasteiger partial charge is 0.372 e. The normalized spacial score (nSPS) is 15.4. The highest BCUT2D eigenvalue weighted by atomic mass is 32.2. The van der Waals surface area contributed by atoms with Crippen LogP contribution >= 0.6 is 0 Å². The molecule has 0 amide bonds. The molecule has 2 aromatic rings. The maximum atomic E-state index is 12.9. The topological polar surface area (TPSA) is 41.5 Å². The molecule has 1 heterocycles. The fourth-order valence-electron chi connectivity index (χ4n) is 2.68. The van der Waals surface area contributed by atoms with E-state index in [2.05, 4.69) is 34.6 Å².